The fourth-order valence-corrected chi connectivity index (χ4v) is 2.41. The zero-order valence-electron chi connectivity index (χ0n) is 14.8. The Morgan fingerprint density at radius 3 is 2.25 bits per heavy atom. The minimum absolute atomic E-state index is 0.246. The Morgan fingerprint density at radius 2 is 1.58 bits per heavy atom. The predicted octanol–water partition coefficient (Wildman–Crippen LogP) is 6.59. The molecule has 1 aromatic heterocycles. The quantitative estimate of drug-likeness (QED) is 0.519. The van der Waals surface area contributed by atoms with Gasteiger partial charge in [-0.25, -0.2) is 4.39 Å². The van der Waals surface area contributed by atoms with Gasteiger partial charge >= 0.3 is 0 Å². The molecule has 1 nitrogen and oxygen atoms in total. The molecule has 0 atom stereocenters. The fourth-order valence-electron chi connectivity index (χ4n) is 2.41. The van der Waals surface area contributed by atoms with Crippen LogP contribution in [0.4, 0.5) is 4.39 Å². The summed E-state index contributed by atoms with van der Waals surface area (Å²) in [6, 6.07) is 16.8. The molecule has 2 aromatic carbocycles. The van der Waals surface area contributed by atoms with Gasteiger partial charge in [0, 0.05) is 17.3 Å². The van der Waals surface area contributed by atoms with Gasteiger partial charge in [0.2, 0.25) is 0 Å². The number of aryl methyl sites for hydroxylation is 2. The molecule has 0 unspecified atom stereocenters. The minimum atomic E-state index is -0.246. The molecule has 24 heavy (non-hydrogen) atoms. The maximum absolute atomic E-state index is 13.5. The van der Waals surface area contributed by atoms with Crippen LogP contribution in [-0.2, 0) is 0 Å². The van der Waals surface area contributed by atoms with Crippen LogP contribution in [0, 0.1) is 19.7 Å². The van der Waals surface area contributed by atoms with E-state index < -0.39 is 0 Å². The SMILES string of the molecule is CCC.Cc1ccc(-c2cccnc2-c2cccc(F)c2)cc1C. The van der Waals surface area contributed by atoms with E-state index in [2.05, 4.69) is 50.9 Å². The Morgan fingerprint density at radius 1 is 0.833 bits per heavy atom. The monoisotopic (exact) mass is 321 g/mol. The molecular weight excluding hydrogens is 297 g/mol. The van der Waals surface area contributed by atoms with Gasteiger partial charge in [-0.1, -0.05) is 56.7 Å². The van der Waals surface area contributed by atoms with Gasteiger partial charge in [-0.05, 0) is 48.7 Å². The Hall–Kier alpha value is -2.48. The van der Waals surface area contributed by atoms with Crippen LogP contribution in [0.2, 0.25) is 0 Å². The van der Waals surface area contributed by atoms with E-state index in [4.69, 9.17) is 0 Å². The van der Waals surface area contributed by atoms with Crippen molar-refractivity contribution in [1.29, 1.82) is 0 Å². The molecule has 2 heteroatoms. The highest BCUT2D eigenvalue weighted by atomic mass is 19.1. The molecule has 0 N–H and O–H groups in total. The molecule has 3 aromatic rings. The second kappa shape index (κ2) is 8.39. The molecule has 124 valence electrons. The van der Waals surface area contributed by atoms with E-state index in [-0.39, 0.29) is 5.82 Å². The van der Waals surface area contributed by atoms with E-state index in [1.807, 2.05) is 18.2 Å². The summed E-state index contributed by atoms with van der Waals surface area (Å²) < 4.78 is 13.5. The van der Waals surface area contributed by atoms with Crippen molar-refractivity contribution in [2.24, 2.45) is 0 Å². The first-order chi connectivity index (χ1) is 11.6. The van der Waals surface area contributed by atoms with Crippen LogP contribution in [0.15, 0.2) is 60.8 Å². The second-order valence-electron chi connectivity index (χ2n) is 5.92. The standard InChI is InChI=1S/C19H16FN.C3H8/c1-13-8-9-15(11-14(13)2)18-7-4-10-21-19(18)16-5-3-6-17(20)12-16;1-3-2/h3-12H,1-2H3;3H2,1-2H3. The van der Waals surface area contributed by atoms with Gasteiger partial charge < -0.3 is 0 Å². The van der Waals surface area contributed by atoms with Crippen LogP contribution in [0.25, 0.3) is 22.4 Å². The molecule has 0 amide bonds. The molecule has 0 fully saturated rings. The van der Waals surface area contributed by atoms with Crippen molar-refractivity contribution in [3.05, 3.63) is 77.7 Å². The Kier molecular flexibility index (Phi) is 6.25. The molecule has 0 aliphatic rings. The third-order valence-electron chi connectivity index (χ3n) is 3.72. The molecule has 0 spiro atoms. The number of hydrogen-bond donors (Lipinski definition) is 0. The van der Waals surface area contributed by atoms with Crippen LogP contribution in [0.3, 0.4) is 0 Å². The van der Waals surface area contributed by atoms with Gasteiger partial charge in [-0.3, -0.25) is 4.98 Å². The smallest absolute Gasteiger partial charge is 0.123 e. The number of halogens is 1. The first-order valence-corrected chi connectivity index (χ1v) is 8.35. The number of hydrogen-bond acceptors (Lipinski definition) is 1. The lowest BCUT2D eigenvalue weighted by molar-refractivity contribution is 0.628. The summed E-state index contributed by atoms with van der Waals surface area (Å²) in [5, 5.41) is 0. The van der Waals surface area contributed by atoms with E-state index in [0.717, 1.165) is 22.4 Å². The highest BCUT2D eigenvalue weighted by Crippen LogP contribution is 2.31. The van der Waals surface area contributed by atoms with E-state index in [0.29, 0.717) is 0 Å². The number of rotatable bonds is 2. The summed E-state index contributed by atoms with van der Waals surface area (Å²) >= 11 is 0. The van der Waals surface area contributed by atoms with Gasteiger partial charge in [-0.15, -0.1) is 0 Å². The Bertz CT molecular complexity index is 809. The van der Waals surface area contributed by atoms with E-state index in [1.165, 1.54) is 29.7 Å². The van der Waals surface area contributed by atoms with E-state index in [1.54, 1.807) is 12.3 Å². The summed E-state index contributed by atoms with van der Waals surface area (Å²) in [6.45, 7) is 8.44. The summed E-state index contributed by atoms with van der Waals surface area (Å²) in [6.07, 6.45) is 2.99. The first kappa shape index (κ1) is 17.9. The van der Waals surface area contributed by atoms with Gasteiger partial charge in [0.25, 0.3) is 0 Å². The lowest BCUT2D eigenvalue weighted by Crippen LogP contribution is -1.91. The van der Waals surface area contributed by atoms with Crippen molar-refractivity contribution in [3.8, 4) is 22.4 Å². The first-order valence-electron chi connectivity index (χ1n) is 8.35. The molecule has 0 saturated carbocycles. The second-order valence-corrected chi connectivity index (χ2v) is 5.92. The normalized spacial score (nSPS) is 10.0. The van der Waals surface area contributed by atoms with Crippen molar-refractivity contribution in [1.82, 2.24) is 4.98 Å². The van der Waals surface area contributed by atoms with Crippen molar-refractivity contribution >= 4 is 0 Å². The number of aromatic nitrogens is 1. The fraction of sp³-hybridized carbons (Fsp3) is 0.227. The van der Waals surface area contributed by atoms with Gasteiger partial charge in [-0.2, -0.15) is 0 Å². The molecule has 3 rings (SSSR count). The van der Waals surface area contributed by atoms with Gasteiger partial charge in [0.1, 0.15) is 5.82 Å². The van der Waals surface area contributed by atoms with Crippen LogP contribution in [-0.4, -0.2) is 4.98 Å². The van der Waals surface area contributed by atoms with Crippen molar-refractivity contribution in [2.75, 3.05) is 0 Å². The Labute approximate surface area is 144 Å². The molecule has 1 heterocycles. The van der Waals surface area contributed by atoms with Crippen molar-refractivity contribution in [2.45, 2.75) is 34.1 Å². The maximum atomic E-state index is 13.5. The predicted molar refractivity (Wildman–Crippen MR) is 101 cm³/mol. The summed E-state index contributed by atoms with van der Waals surface area (Å²) in [5.74, 6) is -0.246. The van der Waals surface area contributed by atoms with Crippen LogP contribution < -0.4 is 0 Å². The zero-order chi connectivity index (χ0) is 17.5. The molecule has 0 aliphatic carbocycles. The minimum Gasteiger partial charge on any atom is -0.256 e. The van der Waals surface area contributed by atoms with Gasteiger partial charge in [0.05, 0.1) is 5.69 Å². The number of pyridine rings is 1. The molecule has 0 aliphatic heterocycles. The average Bonchev–Trinajstić information content (AvgIpc) is 2.58. The summed E-state index contributed by atoms with van der Waals surface area (Å²) in [7, 11) is 0. The lowest BCUT2D eigenvalue weighted by Gasteiger charge is -2.10. The molecule has 0 bridgehead atoms. The third kappa shape index (κ3) is 4.29. The summed E-state index contributed by atoms with van der Waals surface area (Å²) in [5.41, 5.74) is 6.22. The maximum Gasteiger partial charge on any atom is 0.123 e. The van der Waals surface area contributed by atoms with Crippen molar-refractivity contribution in [3.63, 3.8) is 0 Å². The molecule has 0 radical (unpaired) electrons. The average molecular weight is 321 g/mol. The number of benzene rings is 2. The molecule has 0 saturated heterocycles. The van der Waals surface area contributed by atoms with Crippen LogP contribution >= 0.6 is 0 Å². The molecular formula is C22H24FN. The van der Waals surface area contributed by atoms with Crippen LogP contribution in [0.1, 0.15) is 31.4 Å². The largest absolute Gasteiger partial charge is 0.256 e. The highest BCUT2D eigenvalue weighted by molar-refractivity contribution is 5.80. The van der Waals surface area contributed by atoms with Crippen molar-refractivity contribution < 1.29 is 4.39 Å². The number of nitrogens with zero attached hydrogens (tertiary/aromatic N) is 1. The van der Waals surface area contributed by atoms with E-state index >= 15 is 0 Å². The zero-order valence-corrected chi connectivity index (χ0v) is 14.8. The highest BCUT2D eigenvalue weighted by Gasteiger charge is 2.09. The Balaban J connectivity index is 0.000000647. The van der Waals surface area contributed by atoms with Crippen LogP contribution in [0.5, 0.6) is 0 Å². The van der Waals surface area contributed by atoms with E-state index in [9.17, 15) is 4.39 Å². The lowest BCUT2D eigenvalue weighted by atomic mass is 9.96. The summed E-state index contributed by atoms with van der Waals surface area (Å²) in [4.78, 5) is 4.45. The topological polar surface area (TPSA) is 12.9 Å². The van der Waals surface area contributed by atoms with Gasteiger partial charge in [0.15, 0.2) is 0 Å². The third-order valence-corrected chi connectivity index (χ3v) is 3.72.